The molecule has 0 heterocycles. The van der Waals surface area contributed by atoms with E-state index in [4.69, 9.17) is 18.0 Å². The maximum Gasteiger partial charge on any atom is 1.00 e. The van der Waals surface area contributed by atoms with E-state index in [1.165, 1.54) is 0 Å². The van der Waals surface area contributed by atoms with Crippen LogP contribution in [0.5, 0.6) is 0 Å². The van der Waals surface area contributed by atoms with E-state index >= 15 is 0 Å². The fourth-order valence-electron chi connectivity index (χ4n) is 1.74. The Morgan fingerprint density at radius 3 is 2.12 bits per heavy atom. The average Bonchev–Trinajstić information content (AvgIpc) is 2.51. The zero-order chi connectivity index (χ0) is 18.9. The van der Waals surface area contributed by atoms with Gasteiger partial charge >= 0.3 is 66.2 Å². The second kappa shape index (κ2) is 13.6. The second-order valence-corrected chi connectivity index (χ2v) is 11.5. The molecule has 0 aliphatic rings. The summed E-state index contributed by atoms with van der Waals surface area (Å²) in [7, 11) is -2.24. The maximum absolute atomic E-state index is 12.0. The number of hydrogen-bond donors (Lipinski definition) is 0. The summed E-state index contributed by atoms with van der Waals surface area (Å²) in [5.74, 6) is 0.264. The van der Waals surface area contributed by atoms with Crippen molar-refractivity contribution < 1.29 is 87.2 Å². The van der Waals surface area contributed by atoms with E-state index in [9.17, 15) is 17.8 Å². The summed E-state index contributed by atoms with van der Waals surface area (Å²) in [5.41, 5.74) is -0.724. The van der Waals surface area contributed by atoms with Crippen LogP contribution in [0.2, 0.25) is 6.04 Å². The third-order valence-electron chi connectivity index (χ3n) is 3.27. The molecule has 0 spiro atoms. The summed E-state index contributed by atoms with van der Waals surface area (Å²) in [6.07, 6.45) is 0.00440. The normalized spacial score (nSPS) is 12.6. The Morgan fingerprint density at radius 2 is 1.68 bits per heavy atom. The average molecular weight is 443 g/mol. The first kappa shape index (κ1) is 28.7. The van der Waals surface area contributed by atoms with Crippen LogP contribution in [-0.2, 0) is 32.9 Å². The number of carbonyl (C=O) groups excluding carboxylic acids is 1. The maximum atomic E-state index is 12.0. The molecular weight excluding hydrogens is 415 g/mol. The molecule has 0 radical (unpaired) electrons. The molecule has 12 heteroatoms. The van der Waals surface area contributed by atoms with Gasteiger partial charge in [-0.1, -0.05) is 0 Å². The number of hydrogen-bond acceptors (Lipinski definition) is 9. The van der Waals surface area contributed by atoms with Gasteiger partial charge in [0.25, 0.3) is 0 Å². The van der Waals surface area contributed by atoms with Gasteiger partial charge in [-0.3, -0.25) is 4.79 Å². The number of carbonyl (C=O) groups is 1. The number of esters is 1. The Morgan fingerprint density at radius 1 is 1.16 bits per heavy atom. The summed E-state index contributed by atoms with van der Waals surface area (Å²) < 4.78 is 52.4. The summed E-state index contributed by atoms with van der Waals surface area (Å²) >= 11 is 1.55. The molecule has 144 valence electrons. The summed E-state index contributed by atoms with van der Waals surface area (Å²) in [4.78, 5) is 12.0. The van der Waals surface area contributed by atoms with Crippen molar-refractivity contribution in [3.8, 4) is 0 Å². The monoisotopic (exact) mass is 442 g/mol. The van der Waals surface area contributed by atoms with Crippen molar-refractivity contribution in [3.63, 3.8) is 0 Å². The summed E-state index contributed by atoms with van der Waals surface area (Å²) in [6, 6.07) is 0.619. The van der Waals surface area contributed by atoms with Crippen LogP contribution in [0, 0.1) is 5.41 Å². The molecule has 8 nitrogen and oxygen atoms in total. The predicted octanol–water partition coefficient (Wildman–Crippen LogP) is -1.89. The first-order valence-corrected chi connectivity index (χ1v) is 12.0. The van der Waals surface area contributed by atoms with Gasteiger partial charge in [-0.15, -0.1) is 0 Å². The van der Waals surface area contributed by atoms with Crippen molar-refractivity contribution in [2.24, 2.45) is 5.41 Å². The van der Waals surface area contributed by atoms with Crippen LogP contribution in [0.25, 0.3) is 0 Å². The van der Waals surface area contributed by atoms with Crippen molar-refractivity contribution >= 4 is 36.7 Å². The molecule has 0 atom stereocenters. The molecular formula is C13H27KO8S2Si. The molecule has 0 unspecified atom stereocenters. The Kier molecular flexibility index (Phi) is 15.6. The first-order valence-electron chi connectivity index (χ1n) is 7.36. The Balaban J connectivity index is 0. The molecule has 0 rings (SSSR count). The molecule has 0 aliphatic heterocycles. The number of thioether (sulfide) groups is 1. The van der Waals surface area contributed by atoms with Crippen molar-refractivity contribution in [3.05, 3.63) is 0 Å². The van der Waals surface area contributed by atoms with Crippen LogP contribution in [0.1, 0.15) is 20.3 Å². The molecule has 0 aromatic rings. The van der Waals surface area contributed by atoms with Gasteiger partial charge < -0.3 is 22.6 Å². The van der Waals surface area contributed by atoms with Crippen molar-refractivity contribution in [2.75, 3.05) is 45.2 Å². The smallest absolute Gasteiger partial charge is 0.748 e. The van der Waals surface area contributed by atoms with E-state index in [0.29, 0.717) is 17.5 Å². The molecule has 0 saturated carbocycles. The van der Waals surface area contributed by atoms with Crippen LogP contribution < -0.4 is 51.4 Å². The van der Waals surface area contributed by atoms with E-state index in [1.807, 2.05) is 0 Å². The molecule has 0 fully saturated rings. The van der Waals surface area contributed by atoms with Gasteiger partial charge in [-0.05, 0) is 26.0 Å². The minimum absolute atomic E-state index is 0. The van der Waals surface area contributed by atoms with Gasteiger partial charge in [0.2, 0.25) is 0 Å². The molecule has 0 aliphatic carbocycles. The van der Waals surface area contributed by atoms with Crippen LogP contribution in [0.15, 0.2) is 0 Å². The Labute approximate surface area is 198 Å². The fourth-order valence-corrected chi connectivity index (χ4v) is 5.67. The van der Waals surface area contributed by atoms with Crippen molar-refractivity contribution in [1.29, 1.82) is 0 Å². The largest absolute Gasteiger partial charge is 1.00 e. The minimum Gasteiger partial charge on any atom is -0.748 e. The zero-order valence-electron chi connectivity index (χ0n) is 15.8. The topological polar surface area (TPSA) is 111 Å². The quantitative estimate of drug-likeness (QED) is 0.140. The van der Waals surface area contributed by atoms with Gasteiger partial charge in [0.1, 0.15) is 0 Å². The number of ether oxygens (including phenoxy) is 1. The minimum atomic E-state index is -4.27. The molecule has 0 aromatic heterocycles. The van der Waals surface area contributed by atoms with E-state index in [-0.39, 0.29) is 64.4 Å². The van der Waals surface area contributed by atoms with E-state index in [1.54, 1.807) is 46.9 Å². The van der Waals surface area contributed by atoms with Gasteiger partial charge in [-0.25, -0.2) is 8.42 Å². The van der Waals surface area contributed by atoms with Gasteiger partial charge in [0.15, 0.2) is 0 Å². The molecule has 0 saturated heterocycles. The van der Waals surface area contributed by atoms with Crippen LogP contribution >= 0.6 is 11.8 Å². The molecule has 0 amide bonds. The van der Waals surface area contributed by atoms with Crippen molar-refractivity contribution in [1.82, 2.24) is 0 Å². The van der Waals surface area contributed by atoms with Gasteiger partial charge in [0, 0.05) is 38.9 Å². The van der Waals surface area contributed by atoms with Crippen LogP contribution in [0.3, 0.4) is 0 Å². The molecule has 0 aromatic carbocycles. The van der Waals surface area contributed by atoms with Gasteiger partial charge in [0.05, 0.1) is 22.1 Å². The van der Waals surface area contributed by atoms with E-state index in [2.05, 4.69) is 0 Å². The zero-order valence-corrected chi connectivity index (χ0v) is 21.6. The molecule has 0 N–H and O–H groups in total. The third kappa shape index (κ3) is 12.5. The standard InChI is InChI=1S/C13H28O8S2Si.K/c1-13(2,12(14)21-7-6-9-23(15,16)17)11-22-8-10-24(18-3,19-4)20-5;/h6-11H2,1-5H3,(H,15,16,17);/q;+1/p-1. The van der Waals surface area contributed by atoms with E-state index in [0.717, 1.165) is 0 Å². The third-order valence-corrected chi connectivity index (χ3v) is 8.57. The fraction of sp³-hybridized carbons (Fsp3) is 0.923. The Hall–Kier alpha value is 1.46. The van der Waals surface area contributed by atoms with Gasteiger partial charge in [-0.2, -0.15) is 11.8 Å². The summed E-state index contributed by atoms with van der Waals surface area (Å²) in [5, 5.41) is 0. The second-order valence-electron chi connectivity index (χ2n) is 5.73. The van der Waals surface area contributed by atoms with E-state index < -0.39 is 36.1 Å². The first-order chi connectivity index (χ1) is 11.0. The summed E-state index contributed by atoms with van der Waals surface area (Å²) in [6.45, 7) is 3.42. The SMILES string of the molecule is CO[Si](CCSCC(C)(C)C(=O)OCCCS(=O)(=O)[O-])(OC)OC.[K+]. The molecule has 0 bridgehead atoms. The molecule has 25 heavy (non-hydrogen) atoms. The Bertz CT molecular complexity index is 474. The van der Waals surface area contributed by atoms with Crippen LogP contribution in [-0.4, -0.2) is 72.9 Å². The van der Waals surface area contributed by atoms with Crippen LogP contribution in [0.4, 0.5) is 0 Å². The predicted molar refractivity (Wildman–Crippen MR) is 92.8 cm³/mol. The van der Waals surface area contributed by atoms with Crippen molar-refractivity contribution in [2.45, 2.75) is 26.3 Å². The number of rotatable bonds is 13.